The van der Waals surface area contributed by atoms with Crippen molar-refractivity contribution in [1.29, 1.82) is 0 Å². The molecule has 1 heterocycles. The monoisotopic (exact) mass is 905 g/mol. The van der Waals surface area contributed by atoms with Gasteiger partial charge in [-0.2, -0.15) is 23.5 Å². The molecule has 0 radical (unpaired) electrons. The number of guanidine groups is 1. The van der Waals surface area contributed by atoms with Crippen molar-refractivity contribution in [3.8, 4) is 0 Å². The second-order valence-corrected chi connectivity index (χ2v) is 16.0. The highest BCUT2D eigenvalue weighted by Crippen LogP contribution is 2.20. The molecule has 26 heteroatoms. The van der Waals surface area contributed by atoms with Crippen LogP contribution < -0.4 is 49.1 Å². The van der Waals surface area contributed by atoms with Gasteiger partial charge in [0.15, 0.2) is 5.96 Å². The van der Waals surface area contributed by atoms with E-state index in [9.17, 15) is 63.3 Å². The van der Waals surface area contributed by atoms with Crippen LogP contribution in [0, 0.1) is 0 Å². The van der Waals surface area contributed by atoms with Gasteiger partial charge in [-0.05, 0) is 76.4 Å². The van der Waals surface area contributed by atoms with Crippen molar-refractivity contribution in [2.45, 2.75) is 114 Å². The Morgan fingerprint density at radius 1 is 0.672 bits per heavy atom. The van der Waals surface area contributed by atoms with Gasteiger partial charge in [0.1, 0.15) is 42.3 Å². The molecule has 0 unspecified atom stereocenters. The fraction of sp³-hybridized carbons (Fsp3) is 0.686. The van der Waals surface area contributed by atoms with Crippen molar-refractivity contribution in [1.82, 2.24) is 36.8 Å². The molecule has 61 heavy (non-hydrogen) atoms. The zero-order valence-corrected chi connectivity index (χ0v) is 36.1. The zero-order chi connectivity index (χ0) is 46.4. The third-order valence-electron chi connectivity index (χ3n) is 9.12. The van der Waals surface area contributed by atoms with E-state index in [1.807, 2.05) is 6.26 Å². The summed E-state index contributed by atoms with van der Waals surface area (Å²) >= 11 is 2.83. The largest absolute Gasteiger partial charge is 0.481 e. The number of thioether (sulfide) groups is 2. The van der Waals surface area contributed by atoms with Crippen LogP contribution in [0.3, 0.4) is 0 Å². The Morgan fingerprint density at radius 2 is 1.18 bits per heavy atom. The molecule has 15 N–H and O–H groups in total. The maximum absolute atomic E-state index is 13.6. The van der Waals surface area contributed by atoms with Crippen molar-refractivity contribution < 1.29 is 63.3 Å². The summed E-state index contributed by atoms with van der Waals surface area (Å²) < 4.78 is 0. The van der Waals surface area contributed by atoms with Gasteiger partial charge in [0.05, 0.1) is 18.9 Å². The number of carboxylic acids is 3. The van der Waals surface area contributed by atoms with Crippen LogP contribution in [0.1, 0.15) is 65.2 Å². The van der Waals surface area contributed by atoms with Crippen LogP contribution in [0.25, 0.3) is 0 Å². The predicted molar refractivity (Wildman–Crippen MR) is 224 cm³/mol. The summed E-state index contributed by atoms with van der Waals surface area (Å²) in [6, 6.07) is -11.0. The van der Waals surface area contributed by atoms with Gasteiger partial charge in [0.25, 0.3) is 0 Å². The molecule has 1 rings (SSSR count). The topological polar surface area (TPSA) is 397 Å². The van der Waals surface area contributed by atoms with E-state index in [0.29, 0.717) is 17.9 Å². The van der Waals surface area contributed by atoms with Crippen LogP contribution in [0.4, 0.5) is 0 Å². The number of hydrogen-bond acceptors (Lipinski definition) is 14. The highest BCUT2D eigenvalue weighted by Gasteiger charge is 2.40. The minimum atomic E-state index is -1.90. The fourth-order valence-corrected chi connectivity index (χ4v) is 6.76. The summed E-state index contributed by atoms with van der Waals surface area (Å²) in [7, 11) is 0. The molecule has 0 spiro atoms. The SMILES string of the molecule is CSCC[C@H](NC(=O)[C@@H]1CCCN1C(=O)[C@H](CC(=O)O)NC(=O)[C@H](CC(=O)O)NC(=O)[C@H](C)NC(=O)[C@H](C)NC(=O)[C@H](CCCN=C(N)N)NC(=O)[C@@H](N)CCSC)C(=O)O. The first-order chi connectivity index (χ1) is 28.6. The quantitative estimate of drug-likeness (QED) is 0.0201. The van der Waals surface area contributed by atoms with Gasteiger partial charge in [0, 0.05) is 13.1 Å². The van der Waals surface area contributed by atoms with Crippen LogP contribution in [-0.4, -0.2) is 171 Å². The van der Waals surface area contributed by atoms with E-state index in [4.69, 9.17) is 17.2 Å². The first-order valence-electron chi connectivity index (χ1n) is 19.2. The Morgan fingerprint density at radius 3 is 1.74 bits per heavy atom. The lowest BCUT2D eigenvalue weighted by atomic mass is 10.1. The lowest BCUT2D eigenvalue weighted by Crippen LogP contribution is -2.59. The molecule has 344 valence electrons. The summed E-state index contributed by atoms with van der Waals surface area (Å²) in [5.74, 6) is -10.0. The molecule has 1 saturated heterocycles. The van der Waals surface area contributed by atoms with Crippen molar-refractivity contribution >= 4 is 88.7 Å². The second kappa shape index (κ2) is 27.5. The van der Waals surface area contributed by atoms with Gasteiger partial charge < -0.3 is 69.3 Å². The maximum Gasteiger partial charge on any atom is 0.326 e. The van der Waals surface area contributed by atoms with Crippen LogP contribution in [-0.2, 0) is 47.9 Å². The van der Waals surface area contributed by atoms with E-state index in [1.54, 1.807) is 6.26 Å². The number of nitrogens with zero attached hydrogens (tertiary/aromatic N) is 2. The van der Waals surface area contributed by atoms with Crippen molar-refractivity contribution in [2.75, 3.05) is 37.1 Å². The number of hydrogen-bond donors (Lipinski definition) is 12. The van der Waals surface area contributed by atoms with E-state index in [2.05, 4.69) is 36.9 Å². The first kappa shape index (κ1) is 53.6. The fourth-order valence-electron chi connectivity index (χ4n) is 5.80. The number of amides is 7. The molecule has 0 aromatic rings. The Kier molecular flexibility index (Phi) is 24.2. The van der Waals surface area contributed by atoms with E-state index in [0.717, 1.165) is 4.90 Å². The summed E-state index contributed by atoms with van der Waals surface area (Å²) in [6.45, 7) is 2.56. The molecule has 0 saturated carbocycles. The number of aliphatic carboxylic acids is 3. The first-order valence-corrected chi connectivity index (χ1v) is 22.0. The number of rotatable bonds is 28. The highest BCUT2D eigenvalue weighted by atomic mass is 32.2. The number of carbonyl (C=O) groups excluding carboxylic acids is 7. The van der Waals surface area contributed by atoms with Crippen molar-refractivity contribution in [3.05, 3.63) is 0 Å². The van der Waals surface area contributed by atoms with Gasteiger partial charge in [-0.3, -0.25) is 48.1 Å². The molecule has 7 amide bonds. The van der Waals surface area contributed by atoms with Gasteiger partial charge in [-0.1, -0.05) is 0 Å². The average Bonchev–Trinajstić information content (AvgIpc) is 3.68. The van der Waals surface area contributed by atoms with Crippen LogP contribution in [0.2, 0.25) is 0 Å². The van der Waals surface area contributed by atoms with Gasteiger partial charge in [-0.25, -0.2) is 4.79 Å². The number of nitrogens with two attached hydrogens (primary N) is 3. The Labute approximate surface area is 360 Å². The highest BCUT2D eigenvalue weighted by molar-refractivity contribution is 7.98. The van der Waals surface area contributed by atoms with Crippen LogP contribution >= 0.6 is 23.5 Å². The minimum absolute atomic E-state index is 0.0436. The van der Waals surface area contributed by atoms with E-state index in [-0.39, 0.29) is 51.2 Å². The van der Waals surface area contributed by atoms with Crippen LogP contribution in [0.5, 0.6) is 0 Å². The van der Waals surface area contributed by atoms with Gasteiger partial charge in [-0.15, -0.1) is 0 Å². The second-order valence-electron chi connectivity index (χ2n) is 14.0. The Bertz CT molecular complexity index is 1620. The molecule has 1 fully saturated rings. The van der Waals surface area contributed by atoms with E-state index < -0.39 is 120 Å². The smallest absolute Gasteiger partial charge is 0.326 e. The lowest BCUT2D eigenvalue weighted by molar-refractivity contribution is -0.147. The van der Waals surface area contributed by atoms with E-state index in [1.165, 1.54) is 37.4 Å². The van der Waals surface area contributed by atoms with Crippen molar-refractivity contribution in [2.24, 2.45) is 22.2 Å². The predicted octanol–water partition coefficient (Wildman–Crippen LogP) is -4.15. The molecule has 0 aromatic heterocycles. The zero-order valence-electron chi connectivity index (χ0n) is 34.5. The molecule has 1 aliphatic heterocycles. The molecule has 0 bridgehead atoms. The molecule has 0 aromatic carbocycles. The maximum atomic E-state index is 13.6. The normalized spacial score (nSPS) is 16.8. The summed E-state index contributed by atoms with van der Waals surface area (Å²) in [6.07, 6.45) is 2.67. The van der Waals surface area contributed by atoms with Crippen molar-refractivity contribution in [3.63, 3.8) is 0 Å². The summed E-state index contributed by atoms with van der Waals surface area (Å²) in [5.41, 5.74) is 16.6. The molecule has 1 aliphatic rings. The average molecular weight is 906 g/mol. The molecular weight excluding hydrogens is 847 g/mol. The standard InChI is InChI=1S/C35H59N11O13S2/c1-17(41-30(54)20(7-5-11-39-35(37)38)42-29(53)19(36)9-13-60-3)27(51)40-18(2)28(52)44-22(15-25(47)48)31(55)45-23(16-26(49)50)33(57)46-12-6-8-24(46)32(56)43-21(34(58)59)10-14-61-4/h17-24H,5-16,36H2,1-4H3,(H,40,51)(H,41,54)(H,42,53)(H,43,56)(H,44,52)(H,45,55)(H,47,48)(H,49,50)(H,58,59)(H4,37,38,39)/t17-,18-,19-,20-,21-,22-,23-,24-/m0/s1. The van der Waals surface area contributed by atoms with E-state index >= 15 is 0 Å². The molecule has 8 atom stereocenters. The third kappa shape index (κ3) is 19.7. The molecule has 0 aliphatic carbocycles. The Hall–Kier alpha value is -5.37. The number of likely N-dealkylation sites (tertiary alicyclic amines) is 1. The molecule has 24 nitrogen and oxygen atoms in total. The number of nitrogens with one attached hydrogen (secondary N) is 6. The minimum Gasteiger partial charge on any atom is -0.481 e. The van der Waals surface area contributed by atoms with Gasteiger partial charge >= 0.3 is 17.9 Å². The lowest BCUT2D eigenvalue weighted by Gasteiger charge is -2.30. The third-order valence-corrected chi connectivity index (χ3v) is 10.4. The number of carbonyl (C=O) groups is 10. The number of carboxylic acid groups (broad SMARTS) is 3. The van der Waals surface area contributed by atoms with Crippen LogP contribution in [0.15, 0.2) is 4.99 Å². The summed E-state index contributed by atoms with van der Waals surface area (Å²) in [5, 5.41) is 42.6. The molecular formula is C35H59N11O13S2. The summed E-state index contributed by atoms with van der Waals surface area (Å²) in [4.78, 5) is 132. The number of aliphatic imine (C=N–C) groups is 1. The van der Waals surface area contributed by atoms with Gasteiger partial charge in [0.2, 0.25) is 41.4 Å². The Balaban J connectivity index is 3.08.